The molecule has 0 aromatic heterocycles. The molecule has 1 heterocycles. The summed E-state index contributed by atoms with van der Waals surface area (Å²) in [5.41, 5.74) is 0.798. The highest BCUT2D eigenvalue weighted by molar-refractivity contribution is 7.99. The van der Waals surface area contributed by atoms with E-state index in [1.54, 1.807) is 7.11 Å². The van der Waals surface area contributed by atoms with E-state index in [2.05, 4.69) is 10.6 Å². The Hall–Kier alpha value is -1.20. The Morgan fingerprint density at radius 2 is 2.00 bits per heavy atom. The smallest absolute Gasteiger partial charge is 0.238 e. The number of carbonyl (C=O) groups is 1. The van der Waals surface area contributed by atoms with Gasteiger partial charge in [-0.1, -0.05) is 0 Å². The van der Waals surface area contributed by atoms with Crippen LogP contribution in [0.15, 0.2) is 24.3 Å². The van der Waals surface area contributed by atoms with Gasteiger partial charge in [0.25, 0.3) is 0 Å². The molecule has 1 fully saturated rings. The van der Waals surface area contributed by atoms with Gasteiger partial charge in [-0.15, -0.1) is 0 Å². The number of carbonyl (C=O) groups excluding carboxylic acids is 1. The van der Waals surface area contributed by atoms with Gasteiger partial charge in [0.2, 0.25) is 5.91 Å². The lowest BCUT2D eigenvalue weighted by atomic mass is 10.1. The van der Waals surface area contributed by atoms with Crippen molar-refractivity contribution in [3.8, 4) is 5.75 Å². The van der Waals surface area contributed by atoms with Gasteiger partial charge in [-0.05, 0) is 48.6 Å². The van der Waals surface area contributed by atoms with Crippen molar-refractivity contribution in [2.45, 2.75) is 18.9 Å². The zero-order chi connectivity index (χ0) is 13.5. The van der Waals surface area contributed by atoms with Crippen molar-refractivity contribution < 1.29 is 9.53 Å². The topological polar surface area (TPSA) is 50.4 Å². The maximum atomic E-state index is 11.8. The lowest BCUT2D eigenvalue weighted by Crippen LogP contribution is -2.38. The third-order valence-corrected chi connectivity index (χ3v) is 4.20. The second-order valence-corrected chi connectivity index (χ2v) is 5.77. The molecule has 5 heteroatoms. The molecule has 0 aliphatic carbocycles. The first-order chi connectivity index (χ1) is 9.28. The number of rotatable bonds is 5. The molecule has 0 radical (unpaired) electrons. The normalized spacial score (nSPS) is 16.1. The summed E-state index contributed by atoms with van der Waals surface area (Å²) >= 11 is 1.99. The Balaban J connectivity index is 1.73. The molecule has 1 saturated heterocycles. The highest BCUT2D eigenvalue weighted by atomic mass is 32.2. The molecule has 0 saturated carbocycles. The second kappa shape index (κ2) is 7.40. The Morgan fingerprint density at radius 1 is 1.32 bits per heavy atom. The Bertz CT molecular complexity index is 402. The molecule has 19 heavy (non-hydrogen) atoms. The maximum Gasteiger partial charge on any atom is 0.238 e. The molecule has 1 amide bonds. The van der Waals surface area contributed by atoms with Crippen LogP contribution < -0.4 is 15.4 Å². The summed E-state index contributed by atoms with van der Waals surface area (Å²) in [4.78, 5) is 11.8. The van der Waals surface area contributed by atoms with Gasteiger partial charge in [-0.2, -0.15) is 11.8 Å². The Kier molecular flexibility index (Phi) is 5.54. The van der Waals surface area contributed by atoms with Crippen LogP contribution in [0.5, 0.6) is 5.75 Å². The summed E-state index contributed by atoms with van der Waals surface area (Å²) in [5.74, 6) is 3.18. The summed E-state index contributed by atoms with van der Waals surface area (Å²) in [5, 5.41) is 6.18. The molecule has 2 rings (SSSR count). The Labute approximate surface area is 118 Å². The number of anilines is 1. The number of methoxy groups -OCH3 is 1. The minimum absolute atomic E-state index is 0.00314. The molecular formula is C14H20N2O2S. The zero-order valence-electron chi connectivity index (χ0n) is 11.1. The van der Waals surface area contributed by atoms with Gasteiger partial charge in [0, 0.05) is 11.7 Å². The molecule has 1 aromatic carbocycles. The monoisotopic (exact) mass is 280 g/mol. The molecule has 0 unspecified atom stereocenters. The van der Waals surface area contributed by atoms with E-state index < -0.39 is 0 Å². The van der Waals surface area contributed by atoms with E-state index in [9.17, 15) is 4.79 Å². The maximum absolute atomic E-state index is 11.8. The van der Waals surface area contributed by atoms with Crippen LogP contribution in [0.2, 0.25) is 0 Å². The highest BCUT2D eigenvalue weighted by Crippen LogP contribution is 2.17. The van der Waals surface area contributed by atoms with Crippen LogP contribution in [0.4, 0.5) is 5.69 Å². The first-order valence-corrected chi connectivity index (χ1v) is 7.68. The standard InChI is InChI=1S/C14H20N2O2S/c1-18-13-4-2-12(3-5-13)16-14(17)10-15-11-6-8-19-9-7-11/h2-5,11,15H,6-10H2,1H3,(H,16,17). The summed E-state index contributed by atoms with van der Waals surface area (Å²) in [6.45, 7) is 0.376. The number of ether oxygens (including phenoxy) is 1. The molecule has 1 aliphatic rings. The minimum Gasteiger partial charge on any atom is -0.497 e. The van der Waals surface area contributed by atoms with E-state index in [0.29, 0.717) is 12.6 Å². The second-order valence-electron chi connectivity index (χ2n) is 4.54. The number of benzene rings is 1. The predicted molar refractivity (Wildman–Crippen MR) is 80.0 cm³/mol. The largest absolute Gasteiger partial charge is 0.497 e. The predicted octanol–water partition coefficient (Wildman–Crippen LogP) is 2.12. The van der Waals surface area contributed by atoms with Crippen LogP contribution in [0.1, 0.15) is 12.8 Å². The van der Waals surface area contributed by atoms with Crippen LogP contribution in [-0.4, -0.2) is 37.1 Å². The average molecular weight is 280 g/mol. The summed E-state index contributed by atoms with van der Waals surface area (Å²) in [6.07, 6.45) is 2.31. The zero-order valence-corrected chi connectivity index (χ0v) is 12.0. The van der Waals surface area contributed by atoms with Crippen LogP contribution in [-0.2, 0) is 4.79 Å². The third-order valence-electron chi connectivity index (χ3n) is 3.15. The highest BCUT2D eigenvalue weighted by Gasteiger charge is 2.14. The first kappa shape index (κ1) is 14.2. The number of nitrogens with one attached hydrogen (secondary N) is 2. The van der Waals surface area contributed by atoms with Crippen LogP contribution in [0, 0.1) is 0 Å². The van der Waals surface area contributed by atoms with E-state index in [-0.39, 0.29) is 5.91 Å². The van der Waals surface area contributed by atoms with Crippen molar-refractivity contribution in [1.82, 2.24) is 5.32 Å². The molecule has 104 valence electrons. The molecule has 1 aliphatic heterocycles. The lowest BCUT2D eigenvalue weighted by Gasteiger charge is -2.22. The third kappa shape index (κ3) is 4.76. The summed E-state index contributed by atoms with van der Waals surface area (Å²) in [6, 6.07) is 7.84. The number of thioether (sulfide) groups is 1. The quantitative estimate of drug-likeness (QED) is 0.867. The minimum atomic E-state index is 0.00314. The summed E-state index contributed by atoms with van der Waals surface area (Å²) < 4.78 is 5.07. The van der Waals surface area contributed by atoms with Crippen LogP contribution >= 0.6 is 11.8 Å². The van der Waals surface area contributed by atoms with Crippen molar-refractivity contribution in [3.63, 3.8) is 0 Å². The number of hydrogen-bond acceptors (Lipinski definition) is 4. The van der Waals surface area contributed by atoms with Gasteiger partial charge in [0.05, 0.1) is 13.7 Å². The molecule has 0 spiro atoms. The van der Waals surface area contributed by atoms with E-state index in [0.717, 1.165) is 24.3 Å². The fourth-order valence-corrected chi connectivity index (χ4v) is 3.12. The molecule has 1 aromatic rings. The van der Waals surface area contributed by atoms with Crippen molar-refractivity contribution in [2.75, 3.05) is 30.5 Å². The van der Waals surface area contributed by atoms with Gasteiger partial charge in [0.15, 0.2) is 0 Å². The number of amides is 1. The molecule has 0 atom stereocenters. The lowest BCUT2D eigenvalue weighted by molar-refractivity contribution is -0.115. The van der Waals surface area contributed by atoms with Gasteiger partial charge in [-0.25, -0.2) is 0 Å². The van der Waals surface area contributed by atoms with Gasteiger partial charge in [-0.3, -0.25) is 4.79 Å². The van der Waals surface area contributed by atoms with Crippen molar-refractivity contribution >= 4 is 23.4 Å². The number of hydrogen-bond donors (Lipinski definition) is 2. The van der Waals surface area contributed by atoms with Gasteiger partial charge in [0.1, 0.15) is 5.75 Å². The van der Waals surface area contributed by atoms with E-state index in [4.69, 9.17) is 4.74 Å². The van der Waals surface area contributed by atoms with Crippen molar-refractivity contribution in [3.05, 3.63) is 24.3 Å². The molecular weight excluding hydrogens is 260 g/mol. The molecule has 0 bridgehead atoms. The van der Waals surface area contributed by atoms with E-state index in [1.807, 2.05) is 36.0 Å². The van der Waals surface area contributed by atoms with Gasteiger partial charge >= 0.3 is 0 Å². The van der Waals surface area contributed by atoms with E-state index >= 15 is 0 Å². The fourth-order valence-electron chi connectivity index (χ4n) is 2.02. The van der Waals surface area contributed by atoms with Crippen molar-refractivity contribution in [2.24, 2.45) is 0 Å². The van der Waals surface area contributed by atoms with Gasteiger partial charge < -0.3 is 15.4 Å². The molecule has 4 nitrogen and oxygen atoms in total. The molecule has 2 N–H and O–H groups in total. The van der Waals surface area contributed by atoms with Crippen molar-refractivity contribution in [1.29, 1.82) is 0 Å². The Morgan fingerprint density at radius 3 is 2.63 bits per heavy atom. The fraction of sp³-hybridized carbons (Fsp3) is 0.500. The first-order valence-electron chi connectivity index (χ1n) is 6.53. The summed E-state index contributed by atoms with van der Waals surface area (Å²) in [7, 11) is 1.62. The van der Waals surface area contributed by atoms with Crippen LogP contribution in [0.25, 0.3) is 0 Å². The van der Waals surface area contributed by atoms with E-state index in [1.165, 1.54) is 11.5 Å². The average Bonchev–Trinajstić information content (AvgIpc) is 2.47. The SMILES string of the molecule is COc1ccc(NC(=O)CNC2CCSCC2)cc1. The van der Waals surface area contributed by atoms with Crippen LogP contribution in [0.3, 0.4) is 0 Å².